The first kappa shape index (κ1) is 21.0. The molecule has 0 spiro atoms. The van der Waals surface area contributed by atoms with Crippen LogP contribution in [0.1, 0.15) is 24.8 Å². The van der Waals surface area contributed by atoms with Gasteiger partial charge in [0.05, 0.1) is 11.8 Å². The van der Waals surface area contributed by atoms with Crippen molar-refractivity contribution in [3.05, 3.63) is 72.0 Å². The number of ether oxygens (including phenoxy) is 1. The Morgan fingerprint density at radius 2 is 1.80 bits per heavy atom. The van der Waals surface area contributed by atoms with Crippen LogP contribution in [0.15, 0.2) is 59.1 Å². The number of aryl methyl sites for hydroxylation is 2. The molecule has 0 saturated carbocycles. The number of nitrogens with one attached hydrogen (secondary N) is 2. The lowest BCUT2D eigenvalue weighted by molar-refractivity contribution is -0.130. The van der Waals surface area contributed by atoms with E-state index in [-0.39, 0.29) is 19.4 Å². The zero-order valence-corrected chi connectivity index (χ0v) is 16.5. The first-order valence-corrected chi connectivity index (χ1v) is 9.54. The average Bonchev–Trinajstić information content (AvgIpc) is 3.24. The summed E-state index contributed by atoms with van der Waals surface area (Å²) in [7, 11) is 0. The molecule has 0 radical (unpaired) electrons. The van der Waals surface area contributed by atoms with E-state index in [0.717, 1.165) is 12.0 Å². The van der Waals surface area contributed by atoms with E-state index in [2.05, 4.69) is 15.8 Å². The molecule has 0 unspecified atom stereocenters. The van der Waals surface area contributed by atoms with Gasteiger partial charge in [-0.3, -0.25) is 20.4 Å². The molecule has 3 rings (SSSR count). The topological polar surface area (TPSA) is 93.5 Å². The third kappa shape index (κ3) is 5.66. The lowest BCUT2D eigenvalue weighted by atomic mass is 10.1. The molecule has 8 heteroatoms. The maximum atomic E-state index is 13.8. The second kappa shape index (κ2) is 10.2. The Hall–Kier alpha value is -3.68. The Morgan fingerprint density at radius 3 is 2.60 bits per heavy atom. The molecular weight excluding hydrogens is 389 g/mol. The average molecular weight is 411 g/mol. The van der Waals surface area contributed by atoms with E-state index in [1.54, 1.807) is 24.3 Å². The molecule has 0 saturated heterocycles. The number of oxazole rings is 1. The van der Waals surface area contributed by atoms with Gasteiger partial charge in [0.25, 0.3) is 5.91 Å². The van der Waals surface area contributed by atoms with E-state index in [1.165, 1.54) is 12.3 Å². The molecule has 0 aliphatic carbocycles. The number of nitrogens with zero attached hydrogens (tertiary/aromatic N) is 1. The summed E-state index contributed by atoms with van der Waals surface area (Å²) >= 11 is 0. The molecule has 7 nitrogen and oxygen atoms in total. The van der Waals surface area contributed by atoms with Gasteiger partial charge in [-0.2, -0.15) is 0 Å². The van der Waals surface area contributed by atoms with Crippen molar-refractivity contribution >= 4 is 11.8 Å². The molecule has 0 aliphatic heterocycles. The molecule has 2 N–H and O–H groups in total. The Balaban J connectivity index is 1.41. The zero-order chi connectivity index (χ0) is 21.3. The highest BCUT2D eigenvalue weighted by atomic mass is 19.1. The maximum absolute atomic E-state index is 13.8. The van der Waals surface area contributed by atoms with Crippen LogP contribution < -0.4 is 15.6 Å². The Morgan fingerprint density at radius 1 is 1.07 bits per heavy atom. The van der Waals surface area contributed by atoms with Crippen LogP contribution in [0, 0.1) is 5.82 Å². The fourth-order valence-corrected chi connectivity index (χ4v) is 2.75. The van der Waals surface area contributed by atoms with E-state index in [4.69, 9.17) is 9.15 Å². The summed E-state index contributed by atoms with van der Waals surface area (Å²) in [6.45, 7) is 1.78. The first-order chi connectivity index (χ1) is 14.6. The number of hydrogen-bond donors (Lipinski definition) is 2. The summed E-state index contributed by atoms with van der Waals surface area (Å²) in [5.74, 6) is -0.0776. The highest BCUT2D eigenvalue weighted by molar-refractivity contribution is 5.82. The van der Waals surface area contributed by atoms with Crippen LogP contribution in [0.4, 0.5) is 4.39 Å². The Bertz CT molecular complexity index is 1020. The molecule has 0 fully saturated rings. The second-order valence-electron chi connectivity index (χ2n) is 6.44. The second-order valence-corrected chi connectivity index (χ2v) is 6.44. The summed E-state index contributed by atoms with van der Waals surface area (Å²) in [5, 5.41) is 0. The molecule has 3 aromatic rings. The van der Waals surface area contributed by atoms with Gasteiger partial charge >= 0.3 is 0 Å². The highest BCUT2D eigenvalue weighted by Crippen LogP contribution is 2.23. The molecule has 0 aliphatic rings. The number of amides is 2. The SMILES string of the molecule is CCc1ccccc1OCC(=O)NNC(=O)CCc1ncc(-c2ccccc2F)o1. The normalized spacial score (nSPS) is 10.5. The van der Waals surface area contributed by atoms with Crippen molar-refractivity contribution in [3.63, 3.8) is 0 Å². The predicted octanol–water partition coefficient (Wildman–Crippen LogP) is 3.20. The Kier molecular flexibility index (Phi) is 7.15. The maximum Gasteiger partial charge on any atom is 0.276 e. The Labute approximate surface area is 173 Å². The van der Waals surface area contributed by atoms with E-state index < -0.39 is 17.6 Å². The summed E-state index contributed by atoms with van der Waals surface area (Å²) in [6, 6.07) is 13.6. The molecule has 1 heterocycles. The van der Waals surface area contributed by atoms with Gasteiger partial charge in [-0.05, 0) is 30.2 Å². The third-order valence-corrected chi connectivity index (χ3v) is 4.31. The number of halogens is 1. The van der Waals surface area contributed by atoms with Crippen LogP contribution in [0.5, 0.6) is 5.75 Å². The fraction of sp³-hybridized carbons (Fsp3) is 0.227. The van der Waals surface area contributed by atoms with Crippen LogP contribution in [0.2, 0.25) is 0 Å². The predicted molar refractivity (Wildman–Crippen MR) is 108 cm³/mol. The fourth-order valence-electron chi connectivity index (χ4n) is 2.75. The van der Waals surface area contributed by atoms with Crippen molar-refractivity contribution in [3.8, 4) is 17.1 Å². The summed E-state index contributed by atoms with van der Waals surface area (Å²) < 4.78 is 24.8. The zero-order valence-electron chi connectivity index (χ0n) is 16.5. The molecule has 0 bridgehead atoms. The number of carbonyl (C=O) groups excluding carboxylic acids is 2. The van der Waals surface area contributed by atoms with E-state index in [0.29, 0.717) is 23.0 Å². The third-order valence-electron chi connectivity index (χ3n) is 4.31. The van der Waals surface area contributed by atoms with E-state index in [1.807, 2.05) is 25.1 Å². The lowest BCUT2D eigenvalue weighted by Gasteiger charge is -2.11. The number of rotatable bonds is 8. The largest absolute Gasteiger partial charge is 0.483 e. The van der Waals surface area contributed by atoms with Crippen molar-refractivity contribution in [2.24, 2.45) is 0 Å². The number of carbonyl (C=O) groups is 2. The quantitative estimate of drug-likeness (QED) is 0.555. The van der Waals surface area contributed by atoms with Crippen LogP contribution >= 0.6 is 0 Å². The number of hydrogen-bond acceptors (Lipinski definition) is 5. The molecule has 30 heavy (non-hydrogen) atoms. The minimum Gasteiger partial charge on any atom is -0.483 e. The monoisotopic (exact) mass is 411 g/mol. The van der Waals surface area contributed by atoms with Crippen LogP contribution in [0.3, 0.4) is 0 Å². The van der Waals surface area contributed by atoms with Crippen LogP contribution in [-0.2, 0) is 22.4 Å². The van der Waals surface area contributed by atoms with Crippen LogP contribution in [-0.4, -0.2) is 23.4 Å². The molecule has 2 amide bonds. The summed E-state index contributed by atoms with van der Waals surface area (Å²) in [6.07, 6.45) is 2.44. The molecule has 1 aromatic heterocycles. The number of para-hydroxylation sites is 1. The van der Waals surface area contributed by atoms with Gasteiger partial charge in [0.15, 0.2) is 18.3 Å². The van der Waals surface area contributed by atoms with Gasteiger partial charge in [-0.15, -0.1) is 0 Å². The number of hydrazine groups is 1. The van der Waals surface area contributed by atoms with Gasteiger partial charge in [0.2, 0.25) is 5.91 Å². The summed E-state index contributed by atoms with van der Waals surface area (Å²) in [4.78, 5) is 27.9. The van der Waals surface area contributed by atoms with Crippen molar-refractivity contribution in [1.29, 1.82) is 0 Å². The van der Waals surface area contributed by atoms with Crippen molar-refractivity contribution in [1.82, 2.24) is 15.8 Å². The minimum atomic E-state index is -0.479. The van der Waals surface area contributed by atoms with Crippen molar-refractivity contribution < 1.29 is 23.1 Å². The summed E-state index contributed by atoms with van der Waals surface area (Å²) in [5.41, 5.74) is 5.92. The van der Waals surface area contributed by atoms with Gasteiger partial charge < -0.3 is 9.15 Å². The van der Waals surface area contributed by atoms with Gasteiger partial charge in [-0.25, -0.2) is 9.37 Å². The van der Waals surface area contributed by atoms with Crippen molar-refractivity contribution in [2.75, 3.05) is 6.61 Å². The molecule has 0 atom stereocenters. The first-order valence-electron chi connectivity index (χ1n) is 9.54. The smallest absolute Gasteiger partial charge is 0.276 e. The van der Waals surface area contributed by atoms with Crippen LogP contribution in [0.25, 0.3) is 11.3 Å². The lowest BCUT2D eigenvalue weighted by Crippen LogP contribution is -2.43. The molecule has 156 valence electrons. The van der Waals surface area contributed by atoms with Crippen molar-refractivity contribution in [2.45, 2.75) is 26.2 Å². The van der Waals surface area contributed by atoms with Gasteiger partial charge in [-0.1, -0.05) is 37.3 Å². The van der Waals surface area contributed by atoms with E-state index >= 15 is 0 Å². The molecular formula is C22H22FN3O4. The van der Waals surface area contributed by atoms with E-state index in [9.17, 15) is 14.0 Å². The standard InChI is InChI=1S/C22H22FN3O4/c1-2-15-7-3-6-10-18(15)29-14-21(28)26-25-20(27)11-12-22-24-13-19(30-22)16-8-4-5-9-17(16)23/h3-10,13H,2,11-12,14H2,1H3,(H,25,27)(H,26,28). The van der Waals surface area contributed by atoms with Gasteiger partial charge in [0.1, 0.15) is 11.6 Å². The minimum absolute atomic E-state index is 0.0387. The highest BCUT2D eigenvalue weighted by Gasteiger charge is 2.12. The molecule has 2 aromatic carbocycles. The van der Waals surface area contributed by atoms with Gasteiger partial charge in [0, 0.05) is 12.8 Å². The number of aromatic nitrogens is 1. The number of benzene rings is 2.